The fourth-order valence-corrected chi connectivity index (χ4v) is 4.83. The fraction of sp³-hybridized carbons (Fsp3) is 0.375. The Labute approximate surface area is 193 Å². The molecule has 0 radical (unpaired) electrons. The first-order valence-electron chi connectivity index (χ1n) is 10.8. The van der Waals surface area contributed by atoms with Crippen molar-refractivity contribution in [2.24, 2.45) is 5.14 Å². The van der Waals surface area contributed by atoms with Gasteiger partial charge in [0.05, 0.1) is 23.2 Å². The third kappa shape index (κ3) is 4.69. The van der Waals surface area contributed by atoms with Crippen molar-refractivity contribution < 1.29 is 22.7 Å². The number of nitrogens with zero attached hydrogens (tertiary/aromatic N) is 2. The lowest BCUT2D eigenvalue weighted by atomic mass is 10.1. The molecule has 0 unspecified atom stereocenters. The number of ether oxygens (including phenoxy) is 2. The molecule has 0 spiro atoms. The molecule has 2 heterocycles. The lowest BCUT2D eigenvalue weighted by Gasteiger charge is -2.31. The number of amides is 1. The van der Waals surface area contributed by atoms with Gasteiger partial charge in [0, 0.05) is 24.2 Å². The van der Waals surface area contributed by atoms with E-state index < -0.39 is 15.6 Å². The molecule has 0 aliphatic carbocycles. The highest BCUT2D eigenvalue weighted by Crippen LogP contribution is 2.40. The van der Waals surface area contributed by atoms with Gasteiger partial charge < -0.3 is 14.0 Å². The van der Waals surface area contributed by atoms with E-state index in [-0.39, 0.29) is 11.0 Å². The van der Waals surface area contributed by atoms with E-state index in [4.69, 9.17) is 14.6 Å². The Balaban J connectivity index is 1.86. The number of sulfonamides is 1. The smallest absolute Gasteiger partial charge is 0.414 e. The van der Waals surface area contributed by atoms with E-state index in [0.717, 1.165) is 40.7 Å². The molecule has 3 aromatic rings. The normalized spacial score (nSPS) is 14.3. The van der Waals surface area contributed by atoms with Crippen LogP contribution in [-0.2, 0) is 27.7 Å². The van der Waals surface area contributed by atoms with Crippen LogP contribution in [0.1, 0.15) is 38.4 Å². The molecule has 176 valence electrons. The molecule has 1 aromatic heterocycles. The van der Waals surface area contributed by atoms with Gasteiger partial charge in [-0.3, -0.25) is 4.90 Å². The average Bonchev–Trinajstić information content (AvgIpc) is 3.05. The lowest BCUT2D eigenvalue weighted by Crippen LogP contribution is -2.39. The van der Waals surface area contributed by atoms with Crippen molar-refractivity contribution in [1.82, 2.24) is 4.57 Å². The highest BCUT2D eigenvalue weighted by atomic mass is 32.2. The van der Waals surface area contributed by atoms with Crippen LogP contribution in [0.25, 0.3) is 10.9 Å². The predicted octanol–water partition coefficient (Wildman–Crippen LogP) is 4.03. The van der Waals surface area contributed by atoms with Gasteiger partial charge in [0.15, 0.2) is 0 Å². The van der Waals surface area contributed by atoms with E-state index in [1.165, 1.54) is 6.07 Å². The number of methoxy groups -OCH3 is 1. The van der Waals surface area contributed by atoms with Crippen LogP contribution < -0.4 is 14.8 Å². The Hall–Kier alpha value is -3.04. The van der Waals surface area contributed by atoms with Crippen LogP contribution in [0.15, 0.2) is 47.4 Å². The summed E-state index contributed by atoms with van der Waals surface area (Å²) in [7, 11) is -2.20. The van der Waals surface area contributed by atoms with Crippen LogP contribution in [0, 0.1) is 0 Å². The van der Waals surface area contributed by atoms with Crippen molar-refractivity contribution in [3.05, 3.63) is 53.7 Å². The molecule has 8 nitrogen and oxygen atoms in total. The molecule has 0 bridgehead atoms. The Morgan fingerprint density at radius 3 is 2.58 bits per heavy atom. The quantitative estimate of drug-likeness (QED) is 0.619. The second-order valence-corrected chi connectivity index (χ2v) is 10.8. The first-order valence-corrected chi connectivity index (χ1v) is 12.3. The molecule has 33 heavy (non-hydrogen) atoms. The molecule has 0 saturated heterocycles. The maximum atomic E-state index is 13.1. The number of hydrogen-bond donors (Lipinski definition) is 1. The molecule has 0 saturated carbocycles. The summed E-state index contributed by atoms with van der Waals surface area (Å²) in [5.74, 6) is 0.688. The predicted molar refractivity (Wildman–Crippen MR) is 127 cm³/mol. The van der Waals surface area contributed by atoms with Crippen molar-refractivity contribution in [3.63, 3.8) is 0 Å². The number of hydrogen-bond acceptors (Lipinski definition) is 5. The summed E-state index contributed by atoms with van der Waals surface area (Å²) < 4.78 is 36.9. The minimum atomic E-state index is -3.81. The molecule has 1 aliphatic rings. The van der Waals surface area contributed by atoms with Gasteiger partial charge in [-0.1, -0.05) is 12.1 Å². The number of carbonyl (C=O) groups excluding carboxylic acids is 1. The zero-order chi connectivity index (χ0) is 24.0. The van der Waals surface area contributed by atoms with Crippen molar-refractivity contribution >= 4 is 32.7 Å². The van der Waals surface area contributed by atoms with Gasteiger partial charge in [-0.15, -0.1) is 0 Å². The number of benzene rings is 2. The summed E-state index contributed by atoms with van der Waals surface area (Å²) in [6.07, 6.45) is 1.18. The monoisotopic (exact) mass is 471 g/mol. The fourth-order valence-electron chi connectivity index (χ4n) is 4.25. The Kier molecular flexibility index (Phi) is 5.88. The van der Waals surface area contributed by atoms with Gasteiger partial charge in [-0.05, 0) is 69.5 Å². The number of rotatable bonds is 4. The second-order valence-electron chi connectivity index (χ2n) is 9.19. The number of anilines is 1. The first-order chi connectivity index (χ1) is 15.5. The molecular weight excluding hydrogens is 442 g/mol. The maximum Gasteiger partial charge on any atom is 0.414 e. The van der Waals surface area contributed by atoms with Crippen molar-refractivity contribution in [1.29, 1.82) is 0 Å². The third-order valence-corrected chi connectivity index (χ3v) is 6.51. The van der Waals surface area contributed by atoms with Crippen LogP contribution in [0.5, 0.6) is 5.75 Å². The standard InChI is InChI=1S/C24H29N3O5S/c1-24(2,3)32-23(28)26-12-6-9-21-22(26)19-14-17(31-4)10-11-20(19)27(21)15-16-7-5-8-18(13-16)33(25,29)30/h5,7-8,10-11,13-14H,6,9,12,15H2,1-4H3,(H2,25,29,30). The van der Waals surface area contributed by atoms with E-state index in [1.807, 2.05) is 45.0 Å². The van der Waals surface area contributed by atoms with E-state index in [9.17, 15) is 13.2 Å². The topological polar surface area (TPSA) is 104 Å². The highest BCUT2D eigenvalue weighted by Gasteiger charge is 2.32. The lowest BCUT2D eigenvalue weighted by molar-refractivity contribution is 0.0578. The van der Waals surface area contributed by atoms with E-state index in [2.05, 4.69) is 4.57 Å². The van der Waals surface area contributed by atoms with Crippen molar-refractivity contribution in [3.8, 4) is 5.75 Å². The van der Waals surface area contributed by atoms with Crippen LogP contribution in [0.3, 0.4) is 0 Å². The van der Waals surface area contributed by atoms with Crippen molar-refractivity contribution in [2.75, 3.05) is 18.6 Å². The second kappa shape index (κ2) is 8.39. The van der Waals surface area contributed by atoms with Gasteiger partial charge in [0.1, 0.15) is 11.4 Å². The van der Waals surface area contributed by atoms with Crippen molar-refractivity contribution in [2.45, 2.75) is 50.7 Å². The van der Waals surface area contributed by atoms with Gasteiger partial charge in [0.2, 0.25) is 10.0 Å². The summed E-state index contributed by atoms with van der Waals surface area (Å²) in [6.45, 7) is 6.53. The number of aromatic nitrogens is 1. The number of primary sulfonamides is 1. The molecule has 1 amide bonds. The minimum absolute atomic E-state index is 0.0716. The summed E-state index contributed by atoms with van der Waals surface area (Å²) in [5, 5.41) is 6.21. The molecule has 9 heteroatoms. The maximum absolute atomic E-state index is 13.1. The van der Waals surface area contributed by atoms with E-state index >= 15 is 0 Å². The molecule has 2 N–H and O–H groups in total. The summed E-state index contributed by atoms with van der Waals surface area (Å²) in [5.41, 5.74) is 2.92. The number of carbonyl (C=O) groups is 1. The molecular formula is C24H29N3O5S. The summed E-state index contributed by atoms with van der Waals surface area (Å²) >= 11 is 0. The SMILES string of the molecule is COc1ccc2c(c1)c1c(n2Cc2cccc(S(N)(=O)=O)c2)CCCN1C(=O)OC(C)(C)C. The first kappa shape index (κ1) is 23.1. The van der Waals surface area contributed by atoms with Crippen LogP contribution in [0.2, 0.25) is 0 Å². The van der Waals surface area contributed by atoms with E-state index in [1.54, 1.807) is 24.1 Å². The third-order valence-electron chi connectivity index (χ3n) is 5.60. The van der Waals surface area contributed by atoms with Crippen LogP contribution in [-0.4, -0.2) is 38.3 Å². The highest BCUT2D eigenvalue weighted by molar-refractivity contribution is 7.89. The van der Waals surface area contributed by atoms with Crippen LogP contribution >= 0.6 is 0 Å². The van der Waals surface area contributed by atoms with E-state index in [0.29, 0.717) is 18.8 Å². The summed E-state index contributed by atoms with van der Waals surface area (Å²) in [6, 6.07) is 12.4. The van der Waals surface area contributed by atoms with Crippen LogP contribution in [0.4, 0.5) is 10.5 Å². The Bertz CT molecular complexity index is 1320. The minimum Gasteiger partial charge on any atom is -0.497 e. The zero-order valence-corrected chi connectivity index (χ0v) is 20.1. The molecule has 2 aromatic carbocycles. The Morgan fingerprint density at radius 1 is 1.15 bits per heavy atom. The zero-order valence-electron chi connectivity index (χ0n) is 19.3. The largest absolute Gasteiger partial charge is 0.497 e. The van der Waals surface area contributed by atoms with Gasteiger partial charge in [-0.2, -0.15) is 0 Å². The summed E-state index contributed by atoms with van der Waals surface area (Å²) in [4.78, 5) is 14.8. The van der Waals surface area contributed by atoms with Gasteiger partial charge in [0.25, 0.3) is 0 Å². The number of fused-ring (bicyclic) bond motifs is 3. The Morgan fingerprint density at radius 2 is 1.91 bits per heavy atom. The number of nitrogens with two attached hydrogens (primary N) is 1. The molecule has 1 aliphatic heterocycles. The van der Waals surface area contributed by atoms with Gasteiger partial charge in [-0.25, -0.2) is 18.4 Å². The average molecular weight is 472 g/mol. The van der Waals surface area contributed by atoms with Gasteiger partial charge >= 0.3 is 6.09 Å². The molecule has 0 atom stereocenters. The molecule has 4 rings (SSSR count). The molecule has 0 fully saturated rings.